The van der Waals surface area contributed by atoms with Crippen molar-refractivity contribution in [2.24, 2.45) is 5.73 Å². The Bertz CT molecular complexity index is 472. The van der Waals surface area contributed by atoms with E-state index < -0.39 is 0 Å². The van der Waals surface area contributed by atoms with E-state index in [9.17, 15) is 0 Å². The van der Waals surface area contributed by atoms with E-state index in [-0.39, 0.29) is 0 Å². The Morgan fingerprint density at radius 1 is 1.38 bits per heavy atom. The van der Waals surface area contributed by atoms with Crippen LogP contribution >= 0.6 is 0 Å². The summed E-state index contributed by atoms with van der Waals surface area (Å²) in [5, 5.41) is 0. The molecule has 0 amide bonds. The van der Waals surface area contributed by atoms with Gasteiger partial charge in [0.05, 0.1) is 0 Å². The third kappa shape index (κ3) is 3.30. The van der Waals surface area contributed by atoms with Gasteiger partial charge in [0.2, 0.25) is 0 Å². The Labute approximate surface area is 97.3 Å². The molecule has 1 nitrogen and oxygen atoms in total. The summed E-state index contributed by atoms with van der Waals surface area (Å²) in [4.78, 5) is 0. The molecule has 0 atom stereocenters. The van der Waals surface area contributed by atoms with Crippen LogP contribution in [0.1, 0.15) is 16.7 Å². The quantitative estimate of drug-likeness (QED) is 0.601. The van der Waals surface area contributed by atoms with Gasteiger partial charge in [0.1, 0.15) is 0 Å². The standard InChI is InChI=1S/C15H17N/c1-4-7-15(16)11-6-10-14-9-5-8-12(2)13(14)3/h4-5,7-11H,1,16H2,2-3H3/b15-7+. The molecule has 0 unspecified atom stereocenters. The van der Waals surface area contributed by atoms with E-state index in [2.05, 4.69) is 38.3 Å². The Morgan fingerprint density at radius 2 is 2.12 bits per heavy atom. The first-order valence-electron chi connectivity index (χ1n) is 5.22. The minimum Gasteiger partial charge on any atom is -0.398 e. The van der Waals surface area contributed by atoms with Gasteiger partial charge in [-0.2, -0.15) is 0 Å². The molecule has 0 aliphatic carbocycles. The highest BCUT2D eigenvalue weighted by atomic mass is 14.5. The molecule has 82 valence electrons. The number of aryl methyl sites for hydroxylation is 1. The zero-order chi connectivity index (χ0) is 12.0. The van der Waals surface area contributed by atoms with Gasteiger partial charge in [0, 0.05) is 11.8 Å². The maximum absolute atomic E-state index is 5.67. The highest BCUT2D eigenvalue weighted by molar-refractivity contribution is 5.55. The molecule has 0 saturated carbocycles. The Balaban J connectivity index is 2.97. The molecule has 0 bridgehead atoms. The van der Waals surface area contributed by atoms with Gasteiger partial charge >= 0.3 is 0 Å². The van der Waals surface area contributed by atoms with Gasteiger partial charge in [-0.05, 0) is 42.7 Å². The van der Waals surface area contributed by atoms with Gasteiger partial charge in [-0.25, -0.2) is 0 Å². The fraction of sp³-hybridized carbons (Fsp3) is 0.133. The predicted molar refractivity (Wildman–Crippen MR) is 70.9 cm³/mol. The lowest BCUT2D eigenvalue weighted by atomic mass is 10.0. The van der Waals surface area contributed by atoms with Crippen LogP contribution in [0.25, 0.3) is 6.08 Å². The second-order valence-corrected chi connectivity index (χ2v) is 3.65. The number of hydrogen-bond donors (Lipinski definition) is 1. The number of nitrogens with two attached hydrogens (primary N) is 1. The van der Waals surface area contributed by atoms with Crippen molar-refractivity contribution in [2.75, 3.05) is 0 Å². The molecule has 0 aliphatic heterocycles. The minimum absolute atomic E-state index is 0.650. The summed E-state index contributed by atoms with van der Waals surface area (Å²) in [6.07, 6.45) is 7.07. The predicted octanol–water partition coefficient (Wildman–Crippen LogP) is 3.50. The molecule has 1 rings (SSSR count). The van der Waals surface area contributed by atoms with Crippen LogP contribution in [0.2, 0.25) is 0 Å². The Kier molecular flexibility index (Phi) is 4.38. The summed E-state index contributed by atoms with van der Waals surface area (Å²) in [6.45, 7) is 7.78. The highest BCUT2D eigenvalue weighted by Gasteiger charge is 1.95. The normalized spacial score (nSPS) is 10.5. The molecular weight excluding hydrogens is 194 g/mol. The van der Waals surface area contributed by atoms with E-state index in [0.29, 0.717) is 5.70 Å². The first-order valence-corrected chi connectivity index (χ1v) is 5.22. The second-order valence-electron chi connectivity index (χ2n) is 3.65. The zero-order valence-electron chi connectivity index (χ0n) is 9.83. The summed E-state index contributed by atoms with van der Waals surface area (Å²) in [5.41, 5.74) is 13.1. The average molecular weight is 211 g/mol. The minimum atomic E-state index is 0.650. The van der Waals surface area contributed by atoms with Crippen LogP contribution in [0.5, 0.6) is 0 Å². The van der Waals surface area contributed by atoms with E-state index in [1.165, 1.54) is 16.7 Å². The highest BCUT2D eigenvalue weighted by Crippen LogP contribution is 2.13. The molecule has 0 heterocycles. The summed E-state index contributed by atoms with van der Waals surface area (Å²) < 4.78 is 0. The average Bonchev–Trinajstić information content (AvgIpc) is 2.25. The van der Waals surface area contributed by atoms with Crippen molar-refractivity contribution in [1.29, 1.82) is 0 Å². The molecule has 16 heavy (non-hydrogen) atoms. The first-order chi connectivity index (χ1) is 7.65. The Morgan fingerprint density at radius 3 is 2.81 bits per heavy atom. The smallest absolute Gasteiger partial charge is 0.0392 e. The van der Waals surface area contributed by atoms with E-state index >= 15 is 0 Å². The first kappa shape index (κ1) is 12.1. The zero-order valence-corrected chi connectivity index (χ0v) is 9.83. The number of hydrogen-bond acceptors (Lipinski definition) is 1. The molecule has 0 saturated heterocycles. The van der Waals surface area contributed by atoms with E-state index in [0.717, 1.165) is 0 Å². The lowest BCUT2D eigenvalue weighted by Gasteiger charge is -2.01. The number of allylic oxidation sites excluding steroid dienone is 3. The van der Waals surface area contributed by atoms with Crippen molar-refractivity contribution < 1.29 is 0 Å². The van der Waals surface area contributed by atoms with Crippen LogP contribution in [0.4, 0.5) is 0 Å². The Hall–Kier alpha value is -1.98. The van der Waals surface area contributed by atoms with Gasteiger partial charge in [0.15, 0.2) is 0 Å². The van der Waals surface area contributed by atoms with Gasteiger partial charge < -0.3 is 5.73 Å². The summed E-state index contributed by atoms with van der Waals surface area (Å²) in [7, 11) is 0. The molecule has 1 aromatic rings. The van der Waals surface area contributed by atoms with Crippen LogP contribution in [-0.4, -0.2) is 0 Å². The van der Waals surface area contributed by atoms with E-state index in [1.54, 1.807) is 18.2 Å². The van der Waals surface area contributed by atoms with Crippen molar-refractivity contribution in [2.45, 2.75) is 13.8 Å². The maximum atomic E-state index is 5.67. The molecule has 1 aromatic carbocycles. The third-order valence-electron chi connectivity index (χ3n) is 2.45. The van der Waals surface area contributed by atoms with E-state index in [1.807, 2.05) is 12.1 Å². The number of rotatable bonds is 3. The molecule has 0 aromatic heterocycles. The molecule has 2 N–H and O–H groups in total. The molecule has 0 aliphatic rings. The van der Waals surface area contributed by atoms with Crippen LogP contribution < -0.4 is 5.73 Å². The molecule has 0 spiro atoms. The lowest BCUT2D eigenvalue weighted by Crippen LogP contribution is -1.90. The van der Waals surface area contributed by atoms with Crippen LogP contribution in [0.3, 0.4) is 0 Å². The number of benzene rings is 1. The van der Waals surface area contributed by atoms with Crippen molar-refractivity contribution in [3.05, 3.63) is 71.1 Å². The van der Waals surface area contributed by atoms with Crippen LogP contribution in [-0.2, 0) is 0 Å². The summed E-state index contributed by atoms with van der Waals surface area (Å²) >= 11 is 0. The van der Waals surface area contributed by atoms with Crippen LogP contribution in [0, 0.1) is 13.8 Å². The van der Waals surface area contributed by atoms with Crippen molar-refractivity contribution >= 4 is 6.08 Å². The van der Waals surface area contributed by atoms with Crippen molar-refractivity contribution in [3.63, 3.8) is 0 Å². The molecule has 0 fully saturated rings. The van der Waals surface area contributed by atoms with Crippen LogP contribution in [0.15, 0.2) is 54.4 Å². The molecule has 1 heteroatoms. The maximum Gasteiger partial charge on any atom is 0.0392 e. The van der Waals surface area contributed by atoms with Gasteiger partial charge in [-0.15, -0.1) is 5.73 Å². The third-order valence-corrected chi connectivity index (χ3v) is 2.45. The molecule has 0 radical (unpaired) electrons. The second kappa shape index (κ2) is 5.79. The fourth-order valence-corrected chi connectivity index (χ4v) is 1.34. The summed E-state index contributed by atoms with van der Waals surface area (Å²) in [5.74, 6) is 0. The summed E-state index contributed by atoms with van der Waals surface area (Å²) in [6, 6.07) is 6.21. The van der Waals surface area contributed by atoms with Gasteiger partial charge in [0.25, 0.3) is 0 Å². The topological polar surface area (TPSA) is 26.0 Å². The monoisotopic (exact) mass is 211 g/mol. The van der Waals surface area contributed by atoms with Crippen molar-refractivity contribution in [1.82, 2.24) is 0 Å². The van der Waals surface area contributed by atoms with Gasteiger partial charge in [-0.3, -0.25) is 0 Å². The van der Waals surface area contributed by atoms with Gasteiger partial charge in [-0.1, -0.05) is 30.9 Å². The SMILES string of the molecule is C=C/C=C(/N)C=C=Cc1cccc(C)c1C. The largest absolute Gasteiger partial charge is 0.398 e. The fourth-order valence-electron chi connectivity index (χ4n) is 1.34. The lowest BCUT2D eigenvalue weighted by molar-refractivity contribution is 1.33. The van der Waals surface area contributed by atoms with Crippen molar-refractivity contribution in [3.8, 4) is 0 Å². The van der Waals surface area contributed by atoms with E-state index in [4.69, 9.17) is 5.73 Å². The molecular formula is C15H17N.